The zero-order chi connectivity index (χ0) is 36.8. The second-order valence-electron chi connectivity index (χ2n) is 14.8. The van der Waals surface area contributed by atoms with Gasteiger partial charge in [-0.1, -0.05) is 12.8 Å². The molecule has 0 bridgehead atoms. The minimum atomic E-state index is -0.555. The molecule has 1 saturated carbocycles. The molecule has 2 aromatic heterocycles. The number of unbranched alkanes of at least 4 members (excludes halogenated alkanes) is 3. The summed E-state index contributed by atoms with van der Waals surface area (Å²) in [7, 11) is 1.30. The zero-order valence-corrected chi connectivity index (χ0v) is 30.6. The van der Waals surface area contributed by atoms with E-state index >= 15 is 0 Å². The fraction of sp³-hybridized carbons (Fsp3) is 0.595. The lowest BCUT2D eigenvalue weighted by Gasteiger charge is -2.23. The van der Waals surface area contributed by atoms with Crippen LogP contribution in [0.25, 0.3) is 5.65 Å². The number of carbonyl (C=O) groups is 3. The zero-order valence-electron chi connectivity index (χ0n) is 30.6. The van der Waals surface area contributed by atoms with Gasteiger partial charge in [-0.3, -0.25) is 4.79 Å². The van der Waals surface area contributed by atoms with Gasteiger partial charge in [-0.05, 0) is 91.1 Å². The SMILES string of the molecule is COC(=O)c1cnn2ccc(N[C@H](C)c3cc(F)ccc3O[C@@H](C)CNCCCCCCC(=O)N3C[C@H](NC(=O)OC(C)(C)C)C4(CC4)C3)nc12. The number of anilines is 1. The molecular formula is C37H52FN7O6. The highest BCUT2D eigenvalue weighted by Crippen LogP contribution is 2.53. The molecule has 278 valence electrons. The summed E-state index contributed by atoms with van der Waals surface area (Å²) in [5, 5.41) is 13.9. The third-order valence-electron chi connectivity index (χ3n) is 9.42. The van der Waals surface area contributed by atoms with Crippen LogP contribution in [-0.4, -0.2) is 88.5 Å². The highest BCUT2D eigenvalue weighted by atomic mass is 19.1. The van der Waals surface area contributed by atoms with Crippen molar-refractivity contribution in [3.05, 3.63) is 53.6 Å². The van der Waals surface area contributed by atoms with Crippen molar-refractivity contribution in [3.8, 4) is 5.75 Å². The van der Waals surface area contributed by atoms with Gasteiger partial charge in [0.2, 0.25) is 5.91 Å². The number of hydrogen-bond donors (Lipinski definition) is 3. The summed E-state index contributed by atoms with van der Waals surface area (Å²) >= 11 is 0. The maximum absolute atomic E-state index is 14.4. The predicted molar refractivity (Wildman–Crippen MR) is 190 cm³/mol. The average molecular weight is 710 g/mol. The second-order valence-corrected chi connectivity index (χ2v) is 14.8. The number of nitrogens with zero attached hydrogens (tertiary/aromatic N) is 4. The highest BCUT2D eigenvalue weighted by Gasteiger charge is 2.56. The Labute approximate surface area is 299 Å². The number of benzene rings is 1. The summed E-state index contributed by atoms with van der Waals surface area (Å²) < 4.78 is 32.3. The van der Waals surface area contributed by atoms with Crippen LogP contribution in [0.3, 0.4) is 0 Å². The number of rotatable bonds is 16. The monoisotopic (exact) mass is 709 g/mol. The molecule has 1 aliphatic carbocycles. The summed E-state index contributed by atoms with van der Waals surface area (Å²) in [6.45, 7) is 12.1. The maximum Gasteiger partial charge on any atom is 0.407 e. The summed E-state index contributed by atoms with van der Waals surface area (Å²) in [6.07, 6.45) is 8.86. The Bertz CT molecular complexity index is 1690. The van der Waals surface area contributed by atoms with Gasteiger partial charge in [-0.25, -0.2) is 23.5 Å². The van der Waals surface area contributed by atoms with Gasteiger partial charge in [-0.15, -0.1) is 0 Å². The normalized spacial score (nSPS) is 17.6. The van der Waals surface area contributed by atoms with Crippen molar-refractivity contribution in [3.63, 3.8) is 0 Å². The highest BCUT2D eigenvalue weighted by molar-refractivity contribution is 5.95. The number of fused-ring (bicyclic) bond motifs is 1. The molecular weight excluding hydrogens is 657 g/mol. The molecule has 3 atom stereocenters. The molecule has 2 amide bonds. The Kier molecular flexibility index (Phi) is 12.0. The van der Waals surface area contributed by atoms with Crippen LogP contribution in [-0.2, 0) is 14.3 Å². The van der Waals surface area contributed by atoms with Crippen molar-refractivity contribution in [1.82, 2.24) is 30.1 Å². The summed E-state index contributed by atoms with van der Waals surface area (Å²) in [5.41, 5.74) is 0.686. The number of hydrogen-bond acceptors (Lipinski definition) is 10. The molecule has 3 heterocycles. The number of aromatic nitrogens is 3. The van der Waals surface area contributed by atoms with E-state index in [1.165, 1.54) is 30.0 Å². The number of methoxy groups -OCH3 is 1. The topological polar surface area (TPSA) is 148 Å². The van der Waals surface area contributed by atoms with Crippen LogP contribution in [0.5, 0.6) is 5.75 Å². The van der Waals surface area contributed by atoms with E-state index in [2.05, 4.69) is 26.0 Å². The Morgan fingerprint density at radius 1 is 1.10 bits per heavy atom. The Morgan fingerprint density at radius 3 is 2.59 bits per heavy atom. The van der Waals surface area contributed by atoms with Crippen molar-refractivity contribution in [2.75, 3.05) is 38.6 Å². The average Bonchev–Trinajstić information content (AvgIpc) is 3.60. The first kappa shape index (κ1) is 37.8. The van der Waals surface area contributed by atoms with Crippen LogP contribution >= 0.6 is 0 Å². The van der Waals surface area contributed by atoms with Gasteiger partial charge < -0.3 is 35.1 Å². The number of halogens is 1. The Hall–Kier alpha value is -4.46. The van der Waals surface area contributed by atoms with Crippen LogP contribution in [0.2, 0.25) is 0 Å². The number of ether oxygens (including phenoxy) is 3. The molecule has 3 N–H and O–H groups in total. The minimum Gasteiger partial charge on any atom is -0.489 e. The lowest BCUT2D eigenvalue weighted by atomic mass is 10.0. The number of alkyl carbamates (subject to hydrolysis) is 1. The molecule has 1 aliphatic heterocycles. The van der Waals surface area contributed by atoms with Gasteiger partial charge in [-0.2, -0.15) is 5.10 Å². The molecule has 51 heavy (non-hydrogen) atoms. The predicted octanol–water partition coefficient (Wildman–Crippen LogP) is 5.65. The van der Waals surface area contributed by atoms with Gasteiger partial charge in [0, 0.05) is 43.2 Å². The summed E-state index contributed by atoms with van der Waals surface area (Å²) in [5.74, 6) is 0.296. The quantitative estimate of drug-likeness (QED) is 0.126. The van der Waals surface area contributed by atoms with Gasteiger partial charge in [0.15, 0.2) is 5.65 Å². The molecule has 14 heteroatoms. The lowest BCUT2D eigenvalue weighted by molar-refractivity contribution is -0.130. The lowest BCUT2D eigenvalue weighted by Crippen LogP contribution is -2.44. The van der Waals surface area contributed by atoms with E-state index in [4.69, 9.17) is 14.2 Å². The number of esters is 1. The van der Waals surface area contributed by atoms with E-state index in [9.17, 15) is 18.8 Å². The van der Waals surface area contributed by atoms with Crippen molar-refractivity contribution in [2.45, 2.75) is 103 Å². The molecule has 1 saturated heterocycles. The molecule has 2 aliphatic rings. The molecule has 1 aromatic carbocycles. The maximum atomic E-state index is 14.4. The van der Waals surface area contributed by atoms with Gasteiger partial charge in [0.05, 0.1) is 25.4 Å². The molecule has 0 unspecified atom stereocenters. The van der Waals surface area contributed by atoms with E-state index in [1.807, 2.05) is 39.5 Å². The molecule has 5 rings (SSSR count). The smallest absolute Gasteiger partial charge is 0.407 e. The number of likely N-dealkylation sites (tertiary alicyclic amines) is 1. The molecule has 13 nitrogen and oxygen atoms in total. The number of carbonyl (C=O) groups excluding carboxylic acids is 3. The van der Waals surface area contributed by atoms with Crippen LogP contribution in [0.1, 0.15) is 102 Å². The minimum absolute atomic E-state index is 0.0132. The van der Waals surface area contributed by atoms with E-state index in [-0.39, 0.29) is 40.9 Å². The molecule has 2 fully saturated rings. The van der Waals surface area contributed by atoms with Crippen molar-refractivity contribution in [2.24, 2.45) is 5.41 Å². The largest absolute Gasteiger partial charge is 0.489 e. The summed E-state index contributed by atoms with van der Waals surface area (Å²) in [4.78, 5) is 43.8. The Morgan fingerprint density at radius 2 is 1.86 bits per heavy atom. The van der Waals surface area contributed by atoms with Gasteiger partial charge >= 0.3 is 12.1 Å². The molecule has 3 aromatic rings. The second kappa shape index (κ2) is 16.3. The van der Waals surface area contributed by atoms with Crippen molar-refractivity contribution < 1.29 is 33.0 Å². The molecule has 0 radical (unpaired) electrons. The van der Waals surface area contributed by atoms with Crippen LogP contribution in [0.4, 0.5) is 15.0 Å². The van der Waals surface area contributed by atoms with Crippen molar-refractivity contribution in [1.29, 1.82) is 0 Å². The summed E-state index contributed by atoms with van der Waals surface area (Å²) in [6, 6.07) is 5.77. The first-order chi connectivity index (χ1) is 24.3. The van der Waals surface area contributed by atoms with Crippen LogP contribution < -0.4 is 20.7 Å². The number of amides is 2. The van der Waals surface area contributed by atoms with E-state index in [0.29, 0.717) is 48.8 Å². The first-order valence-electron chi connectivity index (χ1n) is 17.9. The van der Waals surface area contributed by atoms with Gasteiger partial charge in [0.25, 0.3) is 0 Å². The van der Waals surface area contributed by atoms with Crippen LogP contribution in [0, 0.1) is 11.2 Å². The third kappa shape index (κ3) is 10.1. The standard InChI is InChI=1S/C37H52FN7O6/c1-24(20-39-17-10-8-7-9-11-32(46)44-22-30(37(23-44)15-16-37)42-35(48)51-36(3,4)5)50-29-13-12-26(38)19-27(29)25(2)41-31-14-18-45-33(43-31)28(21-40-45)34(47)49-6/h12-14,18-19,21,24-25,30,39H,7-11,15-17,20,22-23H2,1-6H3,(H,41,43)(H,42,48)/t24-,25+,30-/m0/s1. The van der Waals surface area contributed by atoms with E-state index in [1.54, 1.807) is 18.3 Å². The fourth-order valence-corrected chi connectivity index (χ4v) is 6.54. The van der Waals surface area contributed by atoms with Crippen LogP contribution in [0.15, 0.2) is 36.7 Å². The third-order valence-corrected chi connectivity index (χ3v) is 9.42. The van der Waals surface area contributed by atoms with E-state index < -0.39 is 17.7 Å². The van der Waals surface area contributed by atoms with Crippen molar-refractivity contribution >= 4 is 29.4 Å². The van der Waals surface area contributed by atoms with Gasteiger partial charge in [0.1, 0.15) is 34.7 Å². The molecule has 1 spiro atoms. The van der Waals surface area contributed by atoms with E-state index in [0.717, 1.165) is 45.1 Å². The number of nitrogens with one attached hydrogen (secondary N) is 3. The Balaban J connectivity index is 0.996. The fourth-order valence-electron chi connectivity index (χ4n) is 6.54. The first-order valence-corrected chi connectivity index (χ1v) is 17.9.